The summed E-state index contributed by atoms with van der Waals surface area (Å²) < 4.78 is 52.6. The van der Waals surface area contributed by atoms with E-state index in [9.17, 15) is 24.0 Å². The van der Waals surface area contributed by atoms with Gasteiger partial charge in [-0.25, -0.2) is 0 Å². The number of rotatable bonds is 52. The van der Waals surface area contributed by atoms with Gasteiger partial charge in [0.15, 0.2) is 0 Å². The highest BCUT2D eigenvalue weighted by Gasteiger charge is 2.70. The molecule has 5 aromatic carbocycles. The summed E-state index contributed by atoms with van der Waals surface area (Å²) in [5.74, 6) is -3.86. The van der Waals surface area contributed by atoms with Crippen molar-refractivity contribution in [2.75, 3.05) is 86.2 Å². The maximum absolute atomic E-state index is 16.0. The Morgan fingerprint density at radius 2 is 0.912 bits per heavy atom. The van der Waals surface area contributed by atoms with Crippen LogP contribution in [0.15, 0.2) is 97.1 Å². The highest BCUT2D eigenvalue weighted by molar-refractivity contribution is 6.48. The van der Waals surface area contributed by atoms with Gasteiger partial charge in [0.2, 0.25) is 53.2 Å². The summed E-state index contributed by atoms with van der Waals surface area (Å²) >= 11 is 0. The average Bonchev–Trinajstić information content (AvgIpc) is 1.48. The number of hydrogen-bond donors (Lipinski definition) is 14. The number of amides is 10. The van der Waals surface area contributed by atoms with Gasteiger partial charge in [0, 0.05) is 93.9 Å². The van der Waals surface area contributed by atoms with Gasteiger partial charge in [0.25, 0.3) is 5.91 Å². The number of ether oxygens (including phenoxy) is 4. The number of unbranched alkanes of at least 4 members (excludes halogenated alkanes) is 15. The van der Waals surface area contributed by atoms with Crippen molar-refractivity contribution >= 4 is 73.3 Å². The lowest BCUT2D eigenvalue weighted by Crippen LogP contribution is -2.65. The van der Waals surface area contributed by atoms with E-state index in [0.29, 0.717) is 91.3 Å². The van der Waals surface area contributed by atoms with Gasteiger partial charge < -0.3 is 113 Å². The quantitative estimate of drug-likeness (QED) is 0.00977. The Labute approximate surface area is 870 Å². The molecule has 0 aromatic heterocycles. The number of aryl methyl sites for hydroxylation is 1. The Hall–Kier alpha value is -10.3. The number of carbonyl (C=O) groups excluding carboxylic acids is 10. The molecule has 15 rings (SSSR count). The van der Waals surface area contributed by atoms with Crippen molar-refractivity contribution in [2.24, 2.45) is 57.4 Å². The van der Waals surface area contributed by atoms with Gasteiger partial charge in [-0.1, -0.05) is 174 Å². The number of nitrogens with zero attached hydrogens (tertiary/aromatic N) is 2. The number of nitrogens with two attached hydrogens (primary N) is 4. The van der Waals surface area contributed by atoms with Gasteiger partial charge in [0.1, 0.15) is 97.8 Å². The highest BCUT2D eigenvalue weighted by atomic mass is 16.7. The van der Waals surface area contributed by atoms with Crippen LogP contribution in [0.2, 0.25) is 0 Å². The fraction of sp³-hybridized carbons (Fsp3) is 0.640. The molecule has 4 heterocycles. The van der Waals surface area contributed by atoms with Gasteiger partial charge in [-0.3, -0.25) is 58.8 Å². The molecule has 8 fully saturated rings. The number of fused-ring (bicyclic) bond motifs is 10. The second-order valence-corrected chi connectivity index (χ2v) is 43.6. The van der Waals surface area contributed by atoms with Crippen LogP contribution >= 0.6 is 0 Å². The summed E-state index contributed by atoms with van der Waals surface area (Å²) in [6, 6.07) is 17.9. The van der Waals surface area contributed by atoms with Crippen molar-refractivity contribution in [2.45, 2.75) is 334 Å². The summed E-state index contributed by atoms with van der Waals surface area (Å²) in [6.07, 6.45) is 23.6. The van der Waals surface area contributed by atoms with Crippen LogP contribution in [0.1, 0.15) is 287 Å². The summed E-state index contributed by atoms with van der Waals surface area (Å²) in [5.41, 5.74) is 35.1. The van der Waals surface area contributed by atoms with E-state index >= 15 is 24.0 Å². The molecular weight excluding hydrogens is 1870 g/mol. The van der Waals surface area contributed by atoms with Gasteiger partial charge in [-0.05, 0) is 228 Å². The predicted molar refractivity (Wildman–Crippen MR) is 568 cm³/mol. The lowest BCUT2D eigenvalue weighted by Gasteiger charge is -2.64. The second-order valence-electron chi connectivity index (χ2n) is 43.6. The third-order valence-electron chi connectivity index (χ3n) is 32.4. The molecule has 6 aliphatic carbocycles. The van der Waals surface area contributed by atoms with E-state index in [-0.39, 0.29) is 151 Å². The number of likely N-dealkylation sites (N-methyl/N-ethyl adjacent to an activating group) is 2. The Bertz CT molecular complexity index is 5310. The zero-order valence-electron chi connectivity index (χ0n) is 89.2. The van der Waals surface area contributed by atoms with Crippen LogP contribution in [0, 0.1) is 34.5 Å². The summed E-state index contributed by atoms with van der Waals surface area (Å²) in [4.78, 5) is 153. The molecule has 36 heteroatoms. The molecule has 2 saturated heterocycles. The molecule has 4 aliphatic heterocycles. The molecule has 804 valence electrons. The first-order valence-electron chi connectivity index (χ1n) is 54.6. The van der Waals surface area contributed by atoms with E-state index in [2.05, 4.69) is 109 Å². The van der Waals surface area contributed by atoms with E-state index < -0.39 is 133 Å². The standard InChI is InChI=1S/C111H166B2N16O18/c1-14-16-18-20-22-23-24-25-26-28-30-34-96(130)124-85(47-48-114)107(139)129(13)98-77-42-46-91(142-56-51-117)83(63-77)81-59-74(61-87(127-100(132)70(4)122-105(98)137)103(135)123-71(5)113-145-95-67-79-65-93(109(79,8)9)111(95,11)147-113)38-44-89(81)143-57-53-120-119-52-31-33-84(125-101(133)75-39-35-72(36-40-75)32-29-27-21-19-17-15-2)106(138)128(12)97-76-41-45-90(141-55-50-116)82(62-76)80-58-73(37-43-88(80)140-54-49-115)60-86(126-99(131)69(3)121-104(97)136)102(134)118-68-112-144-94-66-78-64-92(108(78,6)7)110(94,10)146-112/h35-46,58-59,62-63,69-71,78-79,84-87,92-95,97-98,119-120H,14-34,47-57,60-61,64-68,114-117H2,1-13H3,(H,118,134)(H,121,136)(H,122,137)(H,123,135)(H,124,130)(H,125,133)(H,126,131)(H,127,132)/t69-,70-,71-,78-,79-,84-,85-,86-,87-,92-,93-,94+,95+,97-,98-,110-,111-/m0/s1. The lowest BCUT2D eigenvalue weighted by molar-refractivity contribution is -0.199. The normalized spacial score (nSPS) is 24.7. The maximum Gasteiger partial charge on any atom is 0.481 e. The van der Waals surface area contributed by atoms with E-state index in [1.54, 1.807) is 72.8 Å². The molecule has 5 aromatic rings. The van der Waals surface area contributed by atoms with Crippen LogP contribution in [0.3, 0.4) is 0 Å². The van der Waals surface area contributed by atoms with Crippen LogP contribution in [-0.2, 0) is 81.0 Å². The minimum Gasteiger partial charge on any atom is -0.492 e. The molecule has 147 heavy (non-hydrogen) atoms. The van der Waals surface area contributed by atoms with Crippen molar-refractivity contribution in [1.29, 1.82) is 0 Å². The number of nitrogens with one attached hydrogen (secondary N) is 10. The van der Waals surface area contributed by atoms with Crippen LogP contribution < -0.4 is 95.3 Å². The van der Waals surface area contributed by atoms with Gasteiger partial charge in [-0.15, -0.1) is 0 Å². The third kappa shape index (κ3) is 28.1. The van der Waals surface area contributed by atoms with E-state index in [4.69, 9.17) is 60.5 Å². The van der Waals surface area contributed by atoms with Crippen LogP contribution in [0.25, 0.3) is 22.3 Å². The maximum atomic E-state index is 16.0. The zero-order valence-corrected chi connectivity index (χ0v) is 89.2. The number of hydrazine groups is 1. The fourth-order valence-corrected chi connectivity index (χ4v) is 23.4. The van der Waals surface area contributed by atoms with Crippen LogP contribution in [-0.4, -0.2) is 235 Å². The minimum absolute atomic E-state index is 0.00410. The molecule has 34 nitrogen and oxygen atoms in total. The van der Waals surface area contributed by atoms with E-state index in [0.717, 1.165) is 89.0 Å². The first-order valence-corrected chi connectivity index (χ1v) is 54.6. The molecule has 0 unspecified atom stereocenters. The van der Waals surface area contributed by atoms with Crippen LogP contribution in [0.4, 0.5) is 0 Å². The Kier molecular flexibility index (Phi) is 41.0. The molecule has 17 atom stereocenters. The van der Waals surface area contributed by atoms with Crippen molar-refractivity contribution in [3.8, 4) is 45.3 Å². The number of hydrogen-bond acceptors (Lipinski definition) is 24. The van der Waals surface area contributed by atoms with Gasteiger partial charge >= 0.3 is 14.2 Å². The Morgan fingerprint density at radius 1 is 0.469 bits per heavy atom. The minimum atomic E-state index is -1.50. The SMILES string of the molecule is CCCCCCCCCCCCCC(=O)N[C@@H](CCN)C(=O)N(C)[C@@H]1C(=O)N[C@@H](C)C(=O)N[C@H](C(=O)N[C@@H](C)B2O[C@@H]3C[C@@H]4C[C@@H](C4(C)C)[C@]3(C)O2)Cc2ccc(OCCNNCCC[C@H](NC(=O)c3ccc(CCCCCCCC)cc3)C(=O)N(C)[C@@H]3C(=O)N[C@@H](C)C(=O)N[C@H](C(=O)NCB4O[C@@H]5C[C@@H]6C[C@@H](C6(C)C)[C@]5(C)O4)Cc4ccc(OCCN)c(c4)-c4cc3ccc4OCCN)c(c2)-c2cc1ccc2OCCN. The van der Waals surface area contributed by atoms with Gasteiger partial charge in [0.05, 0.1) is 35.8 Å². The lowest BCUT2D eigenvalue weighted by atomic mass is 9.43. The second kappa shape index (κ2) is 52.9. The third-order valence-corrected chi connectivity index (χ3v) is 32.4. The number of benzene rings is 5. The first-order chi connectivity index (χ1) is 70.6. The molecule has 12 bridgehead atoms. The smallest absolute Gasteiger partial charge is 0.481 e. The van der Waals surface area contributed by atoms with Gasteiger partial charge in [-0.2, -0.15) is 0 Å². The Morgan fingerprint density at radius 3 is 1.40 bits per heavy atom. The summed E-state index contributed by atoms with van der Waals surface area (Å²) in [6.45, 7) is 23.6. The molecule has 10 amide bonds. The van der Waals surface area contributed by atoms with E-state index in [1.165, 1.54) is 89.1 Å². The number of carbonyl (C=O) groups is 10. The largest absolute Gasteiger partial charge is 0.492 e. The fourth-order valence-electron chi connectivity index (χ4n) is 23.4. The molecular formula is C111H166B2N16O18. The molecule has 0 radical (unpaired) electrons. The van der Waals surface area contributed by atoms with Crippen molar-refractivity contribution in [3.63, 3.8) is 0 Å². The first kappa shape index (κ1) is 114. The van der Waals surface area contributed by atoms with Crippen molar-refractivity contribution in [1.82, 2.24) is 63.2 Å². The zero-order chi connectivity index (χ0) is 105. The molecule has 18 N–H and O–H groups in total. The van der Waals surface area contributed by atoms with Crippen molar-refractivity contribution in [3.05, 3.63) is 130 Å². The summed E-state index contributed by atoms with van der Waals surface area (Å²) in [5, 5.41) is 23.8. The monoisotopic (exact) mass is 2030 g/mol. The van der Waals surface area contributed by atoms with Crippen LogP contribution in [0.5, 0.6) is 23.0 Å². The molecule has 10 aliphatic rings. The predicted octanol–water partition coefficient (Wildman–Crippen LogP) is 10.5. The molecule has 6 saturated carbocycles. The topological polar surface area (TPSA) is 475 Å². The van der Waals surface area contributed by atoms with Crippen molar-refractivity contribution < 1.29 is 85.5 Å². The van der Waals surface area contributed by atoms with E-state index in [1.807, 2.05) is 31.2 Å². The average molecular weight is 2030 g/mol. The highest BCUT2D eigenvalue weighted by Crippen LogP contribution is 2.67. The molecule has 0 spiro atoms. The summed E-state index contributed by atoms with van der Waals surface area (Å²) in [7, 11) is 1.40. The Balaban J connectivity index is 0.752.